The zero-order valence-electron chi connectivity index (χ0n) is 12.7. The van der Waals surface area contributed by atoms with Gasteiger partial charge in [-0.15, -0.1) is 0 Å². The minimum atomic E-state index is 0.712. The third-order valence-corrected chi connectivity index (χ3v) is 3.86. The van der Waals surface area contributed by atoms with Crippen molar-refractivity contribution in [3.8, 4) is 0 Å². The van der Waals surface area contributed by atoms with Crippen LogP contribution < -0.4 is 10.6 Å². The molecule has 2 rings (SSSR count). The van der Waals surface area contributed by atoms with Crippen molar-refractivity contribution in [3.63, 3.8) is 0 Å². The van der Waals surface area contributed by atoms with Crippen molar-refractivity contribution < 1.29 is 0 Å². The second-order valence-corrected chi connectivity index (χ2v) is 5.28. The van der Waals surface area contributed by atoms with E-state index in [4.69, 9.17) is 4.98 Å². The predicted octanol–water partition coefficient (Wildman–Crippen LogP) is 3.80. The minimum absolute atomic E-state index is 0.712. The zero-order valence-corrected chi connectivity index (χ0v) is 12.7. The molecule has 2 N–H and O–H groups in total. The number of aromatic nitrogens is 1. The van der Waals surface area contributed by atoms with Crippen molar-refractivity contribution in [1.29, 1.82) is 0 Å². The lowest BCUT2D eigenvalue weighted by molar-refractivity contribution is 0.518. The number of benzene rings is 1. The molecule has 20 heavy (non-hydrogen) atoms. The third-order valence-electron chi connectivity index (χ3n) is 3.86. The fraction of sp³-hybridized carbons (Fsp3) is 0.471. The largest absolute Gasteiger partial charge is 0.369 e. The minimum Gasteiger partial charge on any atom is -0.369 e. The summed E-state index contributed by atoms with van der Waals surface area (Å²) < 4.78 is 0. The second-order valence-electron chi connectivity index (χ2n) is 5.28. The molecule has 0 amide bonds. The Morgan fingerprint density at radius 1 is 1.15 bits per heavy atom. The molecule has 0 aliphatic rings. The molecule has 0 bridgehead atoms. The Bertz CT molecular complexity index is 547. The van der Waals surface area contributed by atoms with E-state index in [2.05, 4.69) is 54.8 Å². The van der Waals surface area contributed by atoms with E-state index in [0.29, 0.717) is 5.92 Å². The van der Waals surface area contributed by atoms with Crippen molar-refractivity contribution >= 4 is 16.6 Å². The molecule has 0 aliphatic heterocycles. The summed E-state index contributed by atoms with van der Waals surface area (Å²) in [6, 6.07) is 10.6. The van der Waals surface area contributed by atoms with Crippen LogP contribution in [0.3, 0.4) is 0 Å². The number of hydrogen-bond acceptors (Lipinski definition) is 3. The molecule has 0 saturated heterocycles. The maximum absolute atomic E-state index is 4.76. The van der Waals surface area contributed by atoms with Gasteiger partial charge in [0.15, 0.2) is 0 Å². The topological polar surface area (TPSA) is 37.0 Å². The first-order valence-electron chi connectivity index (χ1n) is 7.55. The van der Waals surface area contributed by atoms with Crippen LogP contribution in [0.25, 0.3) is 10.8 Å². The van der Waals surface area contributed by atoms with E-state index >= 15 is 0 Å². The van der Waals surface area contributed by atoms with Crippen molar-refractivity contribution in [2.24, 2.45) is 5.92 Å². The first kappa shape index (κ1) is 14.8. The smallest absolute Gasteiger partial charge is 0.134 e. The van der Waals surface area contributed by atoms with Crippen LogP contribution in [0, 0.1) is 5.92 Å². The first-order valence-corrected chi connectivity index (χ1v) is 7.55. The average Bonchev–Trinajstić information content (AvgIpc) is 2.48. The van der Waals surface area contributed by atoms with Crippen LogP contribution in [0.1, 0.15) is 32.4 Å². The van der Waals surface area contributed by atoms with E-state index in [-0.39, 0.29) is 0 Å². The van der Waals surface area contributed by atoms with Gasteiger partial charge in [0.2, 0.25) is 0 Å². The Balaban J connectivity index is 2.29. The summed E-state index contributed by atoms with van der Waals surface area (Å²) in [6.45, 7) is 6.29. The summed E-state index contributed by atoms with van der Waals surface area (Å²) in [6.07, 6.45) is 2.41. The number of pyridine rings is 1. The van der Waals surface area contributed by atoms with Gasteiger partial charge < -0.3 is 10.6 Å². The summed E-state index contributed by atoms with van der Waals surface area (Å²) in [5.41, 5.74) is 1.08. The van der Waals surface area contributed by atoms with E-state index in [9.17, 15) is 0 Å². The van der Waals surface area contributed by atoms with E-state index < -0.39 is 0 Å². The van der Waals surface area contributed by atoms with Gasteiger partial charge in [-0.25, -0.2) is 4.98 Å². The van der Waals surface area contributed by atoms with Gasteiger partial charge in [0.1, 0.15) is 5.82 Å². The van der Waals surface area contributed by atoms with Crippen molar-refractivity contribution in [2.45, 2.75) is 33.2 Å². The van der Waals surface area contributed by atoms with Crippen LogP contribution in [0.4, 0.5) is 5.82 Å². The number of anilines is 1. The highest BCUT2D eigenvalue weighted by molar-refractivity contribution is 5.92. The van der Waals surface area contributed by atoms with Crippen LogP contribution in [-0.4, -0.2) is 18.6 Å². The van der Waals surface area contributed by atoms with Gasteiger partial charge in [-0.05, 0) is 24.4 Å². The molecule has 1 aromatic carbocycles. The molecular formula is C17H25N3. The highest BCUT2D eigenvalue weighted by Gasteiger charge is 2.08. The van der Waals surface area contributed by atoms with E-state index in [0.717, 1.165) is 24.6 Å². The number of nitrogens with zero attached hydrogens (tertiary/aromatic N) is 1. The highest BCUT2D eigenvalue weighted by atomic mass is 15.0. The predicted molar refractivity (Wildman–Crippen MR) is 87.1 cm³/mol. The molecular weight excluding hydrogens is 246 g/mol. The van der Waals surface area contributed by atoms with Crippen molar-refractivity contribution in [3.05, 3.63) is 36.0 Å². The van der Waals surface area contributed by atoms with Crippen LogP contribution in [0.5, 0.6) is 0 Å². The van der Waals surface area contributed by atoms with Crippen LogP contribution >= 0.6 is 0 Å². The molecule has 2 aromatic rings. The summed E-state index contributed by atoms with van der Waals surface area (Å²) in [5, 5.41) is 9.18. The van der Waals surface area contributed by atoms with Gasteiger partial charge in [0.25, 0.3) is 0 Å². The number of fused-ring (bicyclic) bond motifs is 1. The Hall–Kier alpha value is -1.61. The average molecular weight is 271 g/mol. The molecule has 0 radical (unpaired) electrons. The van der Waals surface area contributed by atoms with Crippen molar-refractivity contribution in [1.82, 2.24) is 10.3 Å². The van der Waals surface area contributed by atoms with E-state index in [1.807, 2.05) is 7.05 Å². The molecule has 0 atom stereocenters. The Kier molecular flexibility index (Phi) is 5.36. The zero-order chi connectivity index (χ0) is 14.4. The number of nitrogens with one attached hydrogen (secondary N) is 2. The lowest BCUT2D eigenvalue weighted by Gasteiger charge is -2.16. The fourth-order valence-corrected chi connectivity index (χ4v) is 2.48. The molecule has 0 aliphatic carbocycles. The molecule has 108 valence electrons. The summed E-state index contributed by atoms with van der Waals surface area (Å²) in [5.74, 6) is 1.73. The first-order chi connectivity index (χ1) is 9.78. The van der Waals surface area contributed by atoms with Gasteiger partial charge in [-0.3, -0.25) is 0 Å². The van der Waals surface area contributed by atoms with Gasteiger partial charge in [-0.1, -0.05) is 51.0 Å². The maximum Gasteiger partial charge on any atom is 0.134 e. The molecule has 0 unspecified atom stereocenters. The Morgan fingerprint density at radius 3 is 2.60 bits per heavy atom. The third kappa shape index (κ3) is 3.48. The van der Waals surface area contributed by atoms with Gasteiger partial charge in [0.05, 0.1) is 5.69 Å². The number of rotatable bonds is 7. The van der Waals surface area contributed by atoms with Crippen LogP contribution in [0.15, 0.2) is 30.3 Å². The maximum atomic E-state index is 4.76. The van der Waals surface area contributed by atoms with E-state index in [1.54, 1.807) is 0 Å². The molecule has 0 spiro atoms. The molecule has 3 nitrogen and oxygen atoms in total. The molecule has 3 heteroatoms. The van der Waals surface area contributed by atoms with Crippen molar-refractivity contribution in [2.75, 3.05) is 18.9 Å². The second kappa shape index (κ2) is 7.25. The molecule has 0 saturated carbocycles. The lowest BCUT2D eigenvalue weighted by atomic mass is 10.0. The molecule has 0 fully saturated rings. The van der Waals surface area contributed by atoms with Crippen LogP contribution in [-0.2, 0) is 6.54 Å². The summed E-state index contributed by atoms with van der Waals surface area (Å²) in [7, 11) is 1.95. The quantitative estimate of drug-likeness (QED) is 0.804. The monoisotopic (exact) mass is 271 g/mol. The van der Waals surface area contributed by atoms with E-state index in [1.165, 1.54) is 23.6 Å². The van der Waals surface area contributed by atoms with Gasteiger partial charge in [0, 0.05) is 18.5 Å². The normalized spacial score (nSPS) is 11.2. The summed E-state index contributed by atoms with van der Waals surface area (Å²) in [4.78, 5) is 4.76. The summed E-state index contributed by atoms with van der Waals surface area (Å²) >= 11 is 0. The lowest BCUT2D eigenvalue weighted by Crippen LogP contribution is -2.15. The van der Waals surface area contributed by atoms with Gasteiger partial charge in [-0.2, -0.15) is 0 Å². The Labute approximate surface area is 121 Å². The molecule has 1 heterocycles. The van der Waals surface area contributed by atoms with Gasteiger partial charge >= 0.3 is 0 Å². The number of hydrogen-bond donors (Lipinski definition) is 2. The SMILES string of the molecule is CCC(CC)CNc1nc(CNC)cc2ccccc12. The highest BCUT2D eigenvalue weighted by Crippen LogP contribution is 2.23. The fourth-order valence-electron chi connectivity index (χ4n) is 2.48. The molecule has 1 aromatic heterocycles. The Morgan fingerprint density at radius 2 is 1.90 bits per heavy atom. The van der Waals surface area contributed by atoms with Crippen LogP contribution in [0.2, 0.25) is 0 Å². The standard InChI is InChI=1S/C17H25N3/c1-4-13(5-2)11-19-17-16-9-7-6-8-14(16)10-15(20-17)12-18-3/h6-10,13,18H,4-5,11-12H2,1-3H3,(H,19,20).